The Bertz CT molecular complexity index is 681. The molecule has 0 aliphatic heterocycles. The first kappa shape index (κ1) is 15.3. The Morgan fingerprint density at radius 2 is 1.95 bits per heavy atom. The standard InChI is InChI=1S/C13H10ClN3O3S/c14-11-9(4-2-5-15-11)17-10(18)7-21-12-8(13(19)20)3-1-6-16-12/h1-6H,7H2,(H,17,18)(H,19,20). The van der Waals surface area contributed by atoms with Gasteiger partial charge in [-0.05, 0) is 24.3 Å². The Morgan fingerprint density at radius 3 is 2.67 bits per heavy atom. The van der Waals surface area contributed by atoms with E-state index >= 15 is 0 Å². The molecule has 8 heteroatoms. The van der Waals surface area contributed by atoms with Gasteiger partial charge in [0.05, 0.1) is 17.0 Å². The highest BCUT2D eigenvalue weighted by Gasteiger charge is 2.13. The van der Waals surface area contributed by atoms with Gasteiger partial charge in [-0.1, -0.05) is 23.4 Å². The Kier molecular flexibility index (Phi) is 5.13. The van der Waals surface area contributed by atoms with Crippen LogP contribution in [0.2, 0.25) is 5.15 Å². The van der Waals surface area contributed by atoms with Crippen molar-refractivity contribution in [1.29, 1.82) is 0 Å². The number of halogens is 1. The van der Waals surface area contributed by atoms with E-state index in [9.17, 15) is 9.59 Å². The van der Waals surface area contributed by atoms with Crippen LogP contribution in [0.25, 0.3) is 0 Å². The fourth-order valence-electron chi connectivity index (χ4n) is 1.47. The van der Waals surface area contributed by atoms with Gasteiger partial charge in [-0.25, -0.2) is 14.8 Å². The molecular weight excluding hydrogens is 314 g/mol. The van der Waals surface area contributed by atoms with Gasteiger partial charge in [0.15, 0.2) is 5.15 Å². The van der Waals surface area contributed by atoms with Crippen molar-refractivity contribution in [2.24, 2.45) is 0 Å². The van der Waals surface area contributed by atoms with Crippen LogP contribution in [-0.4, -0.2) is 32.7 Å². The zero-order valence-corrected chi connectivity index (χ0v) is 12.2. The van der Waals surface area contributed by atoms with Gasteiger partial charge < -0.3 is 10.4 Å². The lowest BCUT2D eigenvalue weighted by Crippen LogP contribution is -2.15. The van der Waals surface area contributed by atoms with E-state index in [2.05, 4.69) is 15.3 Å². The smallest absolute Gasteiger partial charge is 0.338 e. The van der Waals surface area contributed by atoms with E-state index in [0.717, 1.165) is 11.8 Å². The second kappa shape index (κ2) is 7.05. The molecule has 0 unspecified atom stereocenters. The summed E-state index contributed by atoms with van der Waals surface area (Å²) >= 11 is 6.87. The van der Waals surface area contributed by atoms with Crippen molar-refractivity contribution in [3.63, 3.8) is 0 Å². The third-order valence-electron chi connectivity index (χ3n) is 2.37. The number of carboxylic acids is 1. The van der Waals surface area contributed by atoms with Crippen molar-refractivity contribution < 1.29 is 14.7 Å². The van der Waals surface area contributed by atoms with Gasteiger partial charge >= 0.3 is 5.97 Å². The summed E-state index contributed by atoms with van der Waals surface area (Å²) in [6.07, 6.45) is 2.99. The average Bonchev–Trinajstić information content (AvgIpc) is 2.48. The summed E-state index contributed by atoms with van der Waals surface area (Å²) in [4.78, 5) is 30.6. The summed E-state index contributed by atoms with van der Waals surface area (Å²) in [6, 6.07) is 6.24. The van der Waals surface area contributed by atoms with Gasteiger partial charge in [-0.3, -0.25) is 4.79 Å². The fourth-order valence-corrected chi connectivity index (χ4v) is 2.42. The van der Waals surface area contributed by atoms with Crippen LogP contribution in [0.5, 0.6) is 0 Å². The highest BCUT2D eigenvalue weighted by Crippen LogP contribution is 2.21. The van der Waals surface area contributed by atoms with E-state index in [0.29, 0.717) is 5.69 Å². The maximum Gasteiger partial charge on any atom is 0.338 e. The predicted molar refractivity (Wildman–Crippen MR) is 79.8 cm³/mol. The van der Waals surface area contributed by atoms with Crippen molar-refractivity contribution >= 4 is 40.9 Å². The molecule has 2 rings (SSSR count). The number of nitrogens with one attached hydrogen (secondary N) is 1. The minimum atomic E-state index is -1.08. The summed E-state index contributed by atoms with van der Waals surface area (Å²) < 4.78 is 0. The highest BCUT2D eigenvalue weighted by atomic mass is 35.5. The molecule has 0 saturated carbocycles. The van der Waals surface area contributed by atoms with Crippen molar-refractivity contribution in [2.75, 3.05) is 11.1 Å². The average molecular weight is 324 g/mol. The molecule has 2 heterocycles. The summed E-state index contributed by atoms with van der Waals surface area (Å²) in [5.41, 5.74) is 0.471. The number of aromatic carboxylic acids is 1. The molecule has 0 spiro atoms. The predicted octanol–water partition coefficient (Wildman–Crippen LogP) is 2.56. The third-order valence-corrected chi connectivity index (χ3v) is 3.68. The van der Waals surface area contributed by atoms with E-state index in [1.807, 2.05) is 0 Å². The molecule has 0 bridgehead atoms. The van der Waals surface area contributed by atoms with Gasteiger partial charge in [0, 0.05) is 12.4 Å². The molecule has 0 radical (unpaired) electrons. The molecule has 2 aromatic rings. The highest BCUT2D eigenvalue weighted by molar-refractivity contribution is 8.00. The maximum atomic E-state index is 11.8. The molecule has 0 fully saturated rings. The van der Waals surface area contributed by atoms with Crippen LogP contribution >= 0.6 is 23.4 Å². The SMILES string of the molecule is O=C(CSc1ncccc1C(=O)O)Nc1cccnc1Cl. The fraction of sp³-hybridized carbons (Fsp3) is 0.0769. The number of amides is 1. The lowest BCUT2D eigenvalue weighted by molar-refractivity contribution is -0.113. The Morgan fingerprint density at radius 1 is 1.24 bits per heavy atom. The molecule has 2 N–H and O–H groups in total. The molecule has 0 aliphatic carbocycles. The molecule has 0 atom stereocenters. The number of carbonyl (C=O) groups excluding carboxylic acids is 1. The van der Waals surface area contributed by atoms with Crippen molar-refractivity contribution in [1.82, 2.24) is 9.97 Å². The van der Waals surface area contributed by atoms with Crippen LogP contribution in [0.3, 0.4) is 0 Å². The van der Waals surface area contributed by atoms with Crippen molar-refractivity contribution in [2.45, 2.75) is 5.03 Å². The Labute approximate surface area is 129 Å². The first-order valence-corrected chi connectivity index (χ1v) is 7.16. The minimum absolute atomic E-state index is 0.0164. The molecule has 108 valence electrons. The first-order valence-electron chi connectivity index (χ1n) is 5.79. The van der Waals surface area contributed by atoms with Crippen molar-refractivity contribution in [3.05, 3.63) is 47.4 Å². The number of hydrogen-bond acceptors (Lipinski definition) is 5. The summed E-state index contributed by atoms with van der Waals surface area (Å²) in [7, 11) is 0. The quantitative estimate of drug-likeness (QED) is 0.649. The van der Waals surface area contributed by atoms with Gasteiger partial charge in [0.25, 0.3) is 0 Å². The van der Waals surface area contributed by atoms with Gasteiger partial charge in [0.2, 0.25) is 5.91 Å². The number of nitrogens with zero attached hydrogens (tertiary/aromatic N) is 2. The van der Waals surface area contributed by atoms with Gasteiger partial charge in [0.1, 0.15) is 5.03 Å². The van der Waals surface area contributed by atoms with Crippen LogP contribution < -0.4 is 5.32 Å². The molecule has 1 amide bonds. The number of thioether (sulfide) groups is 1. The minimum Gasteiger partial charge on any atom is -0.478 e. The molecule has 6 nitrogen and oxygen atoms in total. The number of anilines is 1. The normalized spacial score (nSPS) is 10.1. The van der Waals surface area contributed by atoms with E-state index < -0.39 is 5.97 Å². The maximum absolute atomic E-state index is 11.8. The topological polar surface area (TPSA) is 92.2 Å². The first-order chi connectivity index (χ1) is 10.1. The largest absolute Gasteiger partial charge is 0.478 e. The number of carboxylic acid groups (broad SMARTS) is 1. The number of rotatable bonds is 5. The lowest BCUT2D eigenvalue weighted by atomic mass is 10.3. The lowest BCUT2D eigenvalue weighted by Gasteiger charge is -2.07. The van der Waals surface area contributed by atoms with Gasteiger partial charge in [-0.2, -0.15) is 0 Å². The molecule has 0 saturated heterocycles. The number of hydrogen-bond donors (Lipinski definition) is 2. The Balaban J connectivity index is 1.99. The van der Waals surface area contributed by atoms with Crippen LogP contribution in [0.1, 0.15) is 10.4 Å². The zero-order chi connectivity index (χ0) is 15.2. The number of aromatic nitrogens is 2. The summed E-state index contributed by atoms with van der Waals surface area (Å²) in [5, 5.41) is 12.1. The molecule has 21 heavy (non-hydrogen) atoms. The molecule has 0 aliphatic rings. The summed E-state index contributed by atoms with van der Waals surface area (Å²) in [5.74, 6) is -1.39. The van der Waals surface area contributed by atoms with Crippen LogP contribution in [-0.2, 0) is 4.79 Å². The van der Waals surface area contributed by atoms with Crippen LogP contribution in [0.4, 0.5) is 5.69 Å². The molecule has 2 aromatic heterocycles. The third kappa shape index (κ3) is 4.17. The van der Waals surface area contributed by atoms with E-state index in [1.165, 1.54) is 24.5 Å². The molecular formula is C13H10ClN3O3S. The number of pyridine rings is 2. The molecule has 0 aromatic carbocycles. The second-order valence-corrected chi connectivity index (χ2v) is 5.16. The number of carbonyl (C=O) groups is 2. The van der Waals surface area contributed by atoms with Crippen LogP contribution in [0.15, 0.2) is 41.7 Å². The van der Waals surface area contributed by atoms with Gasteiger partial charge in [-0.15, -0.1) is 0 Å². The van der Waals surface area contributed by atoms with E-state index in [1.54, 1.807) is 12.1 Å². The second-order valence-electron chi connectivity index (χ2n) is 3.84. The van der Waals surface area contributed by atoms with E-state index in [-0.39, 0.29) is 27.4 Å². The summed E-state index contributed by atoms with van der Waals surface area (Å²) in [6.45, 7) is 0. The monoisotopic (exact) mass is 323 g/mol. The van der Waals surface area contributed by atoms with E-state index in [4.69, 9.17) is 16.7 Å². The Hall–Kier alpha value is -2.12. The van der Waals surface area contributed by atoms with Crippen molar-refractivity contribution in [3.8, 4) is 0 Å². The zero-order valence-electron chi connectivity index (χ0n) is 10.6. The van der Waals surface area contributed by atoms with Crippen LogP contribution in [0, 0.1) is 0 Å².